The Balaban J connectivity index is 1.70. The third-order valence-electron chi connectivity index (χ3n) is 5.42. The minimum Gasteiger partial charge on any atom is -0.481 e. The second kappa shape index (κ2) is 8.33. The van der Waals surface area contributed by atoms with Crippen molar-refractivity contribution in [1.29, 1.82) is 0 Å². The highest BCUT2D eigenvalue weighted by Crippen LogP contribution is 2.36. The first-order chi connectivity index (χ1) is 14.7. The molecule has 2 N–H and O–H groups in total. The molecule has 4 rings (SSSR count). The molecule has 1 aromatic carbocycles. The lowest BCUT2D eigenvalue weighted by atomic mass is 10.0. The SMILES string of the molecule is CCC(C(=O)O)C1CN=C(c2cc3cc(C)cc(N(C)S(=O)(=O)c4cccs4)c3[nH]2)S1. The number of aromatic amines is 1. The Morgan fingerprint density at radius 2 is 2.16 bits per heavy atom. The van der Waals surface area contributed by atoms with E-state index < -0.39 is 21.9 Å². The van der Waals surface area contributed by atoms with Crippen molar-refractivity contribution in [2.45, 2.75) is 29.7 Å². The van der Waals surface area contributed by atoms with Crippen LogP contribution in [0.25, 0.3) is 10.9 Å². The second-order valence-electron chi connectivity index (χ2n) is 7.49. The number of thiophene rings is 1. The maximum Gasteiger partial charge on any atom is 0.307 e. The summed E-state index contributed by atoms with van der Waals surface area (Å²) in [6.45, 7) is 4.26. The van der Waals surface area contributed by atoms with E-state index in [2.05, 4.69) is 9.98 Å². The number of hydrogen-bond acceptors (Lipinski definition) is 6. The first kappa shape index (κ1) is 21.9. The van der Waals surface area contributed by atoms with Gasteiger partial charge in [-0.15, -0.1) is 11.3 Å². The molecular weight excluding hydrogens is 454 g/mol. The highest BCUT2D eigenvalue weighted by Gasteiger charge is 2.33. The van der Waals surface area contributed by atoms with Crippen LogP contribution in [0.5, 0.6) is 0 Å². The van der Waals surface area contributed by atoms with E-state index in [0.29, 0.717) is 24.2 Å². The number of aliphatic carboxylic acids is 1. The van der Waals surface area contributed by atoms with Gasteiger partial charge in [0.2, 0.25) is 0 Å². The highest BCUT2D eigenvalue weighted by molar-refractivity contribution is 8.15. The molecule has 0 saturated heterocycles. The molecule has 0 saturated carbocycles. The number of carboxylic acids is 1. The van der Waals surface area contributed by atoms with Crippen LogP contribution in [-0.2, 0) is 14.8 Å². The number of carboxylic acid groups (broad SMARTS) is 1. The summed E-state index contributed by atoms with van der Waals surface area (Å²) in [7, 11) is -2.11. The molecule has 0 aliphatic carbocycles. The lowest BCUT2D eigenvalue weighted by Gasteiger charge is -2.20. The van der Waals surface area contributed by atoms with E-state index >= 15 is 0 Å². The summed E-state index contributed by atoms with van der Waals surface area (Å²) in [5.74, 6) is -1.25. The first-order valence-electron chi connectivity index (χ1n) is 9.82. The van der Waals surface area contributed by atoms with Gasteiger partial charge in [-0.1, -0.05) is 24.8 Å². The predicted octanol–water partition coefficient (Wildman–Crippen LogP) is 4.34. The van der Waals surface area contributed by atoms with Crippen LogP contribution in [0.1, 0.15) is 24.6 Å². The Morgan fingerprint density at radius 1 is 1.39 bits per heavy atom. The van der Waals surface area contributed by atoms with E-state index in [1.54, 1.807) is 24.6 Å². The zero-order valence-corrected chi connectivity index (χ0v) is 19.8. The van der Waals surface area contributed by atoms with Crippen LogP contribution in [0.3, 0.4) is 0 Å². The summed E-state index contributed by atoms with van der Waals surface area (Å²) in [4.78, 5) is 19.4. The van der Waals surface area contributed by atoms with Crippen molar-refractivity contribution in [1.82, 2.24) is 4.98 Å². The van der Waals surface area contributed by atoms with E-state index in [1.807, 2.05) is 32.0 Å². The number of hydrogen-bond donors (Lipinski definition) is 2. The Hall–Kier alpha value is -2.30. The van der Waals surface area contributed by atoms with Gasteiger partial charge in [0.15, 0.2) is 0 Å². The summed E-state index contributed by atoms with van der Waals surface area (Å²) >= 11 is 2.65. The van der Waals surface area contributed by atoms with Gasteiger partial charge in [0.25, 0.3) is 10.0 Å². The van der Waals surface area contributed by atoms with Crippen LogP contribution in [0.15, 0.2) is 44.9 Å². The van der Waals surface area contributed by atoms with Crippen molar-refractivity contribution in [3.05, 3.63) is 47.0 Å². The molecule has 10 heteroatoms. The van der Waals surface area contributed by atoms with Crippen molar-refractivity contribution >= 4 is 60.7 Å². The predicted molar refractivity (Wildman–Crippen MR) is 127 cm³/mol. The molecule has 1 aliphatic heterocycles. The fourth-order valence-electron chi connectivity index (χ4n) is 3.75. The third-order valence-corrected chi connectivity index (χ3v) is 9.91. The first-order valence-corrected chi connectivity index (χ1v) is 13.0. The van der Waals surface area contributed by atoms with Gasteiger partial charge >= 0.3 is 5.97 Å². The molecule has 0 radical (unpaired) electrons. The molecule has 164 valence electrons. The molecule has 2 aromatic heterocycles. The monoisotopic (exact) mass is 477 g/mol. The summed E-state index contributed by atoms with van der Waals surface area (Å²) < 4.78 is 27.7. The number of aromatic nitrogens is 1. The molecule has 31 heavy (non-hydrogen) atoms. The number of H-pyrrole nitrogens is 1. The molecule has 2 atom stereocenters. The van der Waals surface area contributed by atoms with Crippen LogP contribution >= 0.6 is 23.1 Å². The molecule has 7 nitrogen and oxygen atoms in total. The topological polar surface area (TPSA) is 103 Å². The van der Waals surface area contributed by atoms with E-state index in [0.717, 1.165) is 21.7 Å². The number of aryl methyl sites for hydroxylation is 1. The van der Waals surface area contributed by atoms with E-state index in [4.69, 9.17) is 0 Å². The molecule has 0 bridgehead atoms. The summed E-state index contributed by atoms with van der Waals surface area (Å²) in [6, 6.07) is 9.11. The summed E-state index contributed by atoms with van der Waals surface area (Å²) in [6.07, 6.45) is 0.553. The fraction of sp³-hybridized carbons (Fsp3) is 0.333. The van der Waals surface area contributed by atoms with E-state index in [9.17, 15) is 18.3 Å². The fourth-order valence-corrected chi connectivity index (χ4v) is 7.41. The summed E-state index contributed by atoms with van der Waals surface area (Å²) in [5.41, 5.74) is 2.99. The molecule has 3 aromatic rings. The number of rotatable bonds is 7. The van der Waals surface area contributed by atoms with Gasteiger partial charge in [-0.3, -0.25) is 14.1 Å². The molecule has 0 fully saturated rings. The van der Waals surface area contributed by atoms with Crippen LogP contribution in [0.2, 0.25) is 0 Å². The van der Waals surface area contributed by atoms with Crippen molar-refractivity contribution in [3.63, 3.8) is 0 Å². The molecule has 3 heterocycles. The lowest BCUT2D eigenvalue weighted by molar-refractivity contribution is -0.141. The van der Waals surface area contributed by atoms with Gasteiger partial charge < -0.3 is 10.1 Å². The number of fused-ring (bicyclic) bond motifs is 1. The number of anilines is 1. The van der Waals surface area contributed by atoms with Crippen molar-refractivity contribution < 1.29 is 18.3 Å². The lowest BCUT2D eigenvalue weighted by Crippen LogP contribution is -2.26. The van der Waals surface area contributed by atoms with Gasteiger partial charge in [0, 0.05) is 17.7 Å². The molecular formula is C21H23N3O4S3. The maximum absolute atomic E-state index is 13.1. The maximum atomic E-state index is 13.1. The van der Waals surface area contributed by atoms with Gasteiger partial charge in [0.1, 0.15) is 9.25 Å². The van der Waals surface area contributed by atoms with E-state index in [1.165, 1.54) is 27.4 Å². The number of nitrogens with one attached hydrogen (secondary N) is 1. The molecule has 1 aliphatic rings. The Morgan fingerprint density at radius 3 is 2.81 bits per heavy atom. The minimum atomic E-state index is -3.67. The zero-order chi connectivity index (χ0) is 22.3. The highest BCUT2D eigenvalue weighted by atomic mass is 32.2. The number of nitrogens with zero attached hydrogens (tertiary/aromatic N) is 2. The van der Waals surface area contributed by atoms with Crippen LogP contribution in [0, 0.1) is 12.8 Å². The standard InChI is InChI=1S/C21H23N3O4S3/c1-4-14(21(25)26)17-11-22-20(30-17)15-10-13-8-12(2)9-16(19(13)23-15)24(3)31(27,28)18-6-5-7-29-18/h5-10,14,17,23H,4,11H2,1-3H3,(H,25,26). The van der Waals surface area contributed by atoms with Gasteiger partial charge in [-0.25, -0.2) is 8.42 Å². The molecule has 0 spiro atoms. The van der Waals surface area contributed by atoms with Crippen molar-refractivity contribution in [2.75, 3.05) is 17.9 Å². The number of thioether (sulfide) groups is 1. The smallest absolute Gasteiger partial charge is 0.307 e. The van der Waals surface area contributed by atoms with E-state index in [-0.39, 0.29) is 9.46 Å². The van der Waals surface area contributed by atoms with Crippen LogP contribution in [-0.4, -0.2) is 48.4 Å². The molecule has 0 amide bonds. The summed E-state index contributed by atoms with van der Waals surface area (Å²) in [5, 5.41) is 12.7. The zero-order valence-electron chi connectivity index (χ0n) is 17.3. The Bertz CT molecular complexity index is 1260. The normalized spacial score (nSPS) is 17.6. The minimum absolute atomic E-state index is 0.105. The third kappa shape index (κ3) is 3.99. The average molecular weight is 478 g/mol. The molecule has 2 unspecified atom stereocenters. The van der Waals surface area contributed by atoms with Crippen molar-refractivity contribution in [3.8, 4) is 0 Å². The number of carbonyl (C=O) groups is 1. The van der Waals surface area contributed by atoms with Crippen molar-refractivity contribution in [2.24, 2.45) is 10.9 Å². The van der Waals surface area contributed by atoms with Gasteiger partial charge in [-0.05, 0) is 48.6 Å². The van der Waals surface area contributed by atoms with Crippen LogP contribution < -0.4 is 4.31 Å². The van der Waals surface area contributed by atoms with Gasteiger partial charge in [0.05, 0.1) is 29.4 Å². The van der Waals surface area contributed by atoms with Gasteiger partial charge in [-0.2, -0.15) is 0 Å². The second-order valence-corrected chi connectivity index (χ2v) is 11.9. The number of aliphatic imine (C=N–C) groups is 1. The Labute approximate surface area is 189 Å². The average Bonchev–Trinajstić information content (AvgIpc) is 3.46. The van der Waals surface area contributed by atoms with Crippen LogP contribution in [0.4, 0.5) is 5.69 Å². The number of sulfonamides is 1. The Kier molecular flexibility index (Phi) is 5.89. The number of benzene rings is 1. The quantitative estimate of drug-likeness (QED) is 0.527. The largest absolute Gasteiger partial charge is 0.481 e.